The number of ether oxygens (including phenoxy) is 1. The number of hydrogen-bond donors (Lipinski definition) is 3. The van der Waals surface area contributed by atoms with Crippen LogP contribution in [0.25, 0.3) is 4.96 Å². The van der Waals surface area contributed by atoms with E-state index in [4.69, 9.17) is 4.74 Å². The van der Waals surface area contributed by atoms with Gasteiger partial charge in [-0.3, -0.25) is 0 Å². The SMILES string of the molecule is COc1cccc(Nc2nn3c(Cc4ccc(O)c(O)c4)nnc3s2)c1. The molecule has 2 aromatic carbocycles. The largest absolute Gasteiger partial charge is 0.504 e. The molecule has 0 unspecified atom stereocenters. The second-order valence-corrected chi connectivity index (χ2v) is 6.53. The molecule has 0 saturated heterocycles. The second kappa shape index (κ2) is 6.52. The topological polar surface area (TPSA) is 105 Å². The fourth-order valence-electron chi connectivity index (χ4n) is 2.50. The Balaban J connectivity index is 1.59. The van der Waals surface area contributed by atoms with Gasteiger partial charge in [0, 0.05) is 18.2 Å². The van der Waals surface area contributed by atoms with Gasteiger partial charge in [0.1, 0.15) is 5.75 Å². The van der Waals surface area contributed by atoms with E-state index in [1.807, 2.05) is 24.3 Å². The number of fused-ring (bicyclic) bond motifs is 1. The molecule has 2 aromatic heterocycles. The normalized spacial score (nSPS) is 11.0. The highest BCUT2D eigenvalue weighted by molar-refractivity contribution is 7.20. The molecule has 3 N–H and O–H groups in total. The molecule has 9 heteroatoms. The van der Waals surface area contributed by atoms with Gasteiger partial charge in [0.05, 0.1) is 7.11 Å². The van der Waals surface area contributed by atoms with Crippen molar-refractivity contribution in [2.45, 2.75) is 6.42 Å². The smallest absolute Gasteiger partial charge is 0.236 e. The Kier molecular flexibility index (Phi) is 4.05. The minimum absolute atomic E-state index is 0.154. The zero-order valence-corrected chi connectivity index (χ0v) is 14.6. The van der Waals surface area contributed by atoms with Crippen LogP contribution in [0.4, 0.5) is 10.8 Å². The standard InChI is InChI=1S/C17H15N5O3S/c1-25-12-4-2-3-11(9-12)18-16-21-22-15(19-20-17(22)26-16)8-10-5-6-13(23)14(24)7-10/h2-7,9,23-24H,8H2,1H3,(H,18,21). The van der Waals surface area contributed by atoms with Crippen LogP contribution < -0.4 is 10.1 Å². The average Bonchev–Trinajstić information content (AvgIpc) is 3.19. The summed E-state index contributed by atoms with van der Waals surface area (Å²) in [5, 5.41) is 35.7. The Hall–Kier alpha value is -3.33. The lowest BCUT2D eigenvalue weighted by atomic mass is 10.1. The summed E-state index contributed by atoms with van der Waals surface area (Å²) in [5.74, 6) is 1.08. The summed E-state index contributed by atoms with van der Waals surface area (Å²) >= 11 is 1.38. The molecule has 0 radical (unpaired) electrons. The van der Waals surface area contributed by atoms with Gasteiger partial charge in [-0.05, 0) is 29.8 Å². The van der Waals surface area contributed by atoms with E-state index in [1.165, 1.54) is 23.5 Å². The molecule has 0 aliphatic heterocycles. The number of aromatic hydroxyl groups is 2. The predicted octanol–water partition coefficient (Wildman–Crippen LogP) is 2.94. The number of hydrogen-bond acceptors (Lipinski definition) is 8. The van der Waals surface area contributed by atoms with E-state index in [0.29, 0.717) is 22.3 Å². The number of nitrogens with zero attached hydrogens (tertiary/aromatic N) is 4. The number of benzene rings is 2. The lowest BCUT2D eigenvalue weighted by molar-refractivity contribution is 0.403. The Bertz CT molecular complexity index is 1080. The van der Waals surface area contributed by atoms with Crippen LogP contribution in [0.5, 0.6) is 17.2 Å². The molecule has 0 aliphatic carbocycles. The summed E-state index contributed by atoms with van der Waals surface area (Å²) in [6.07, 6.45) is 0.428. The Morgan fingerprint density at radius 1 is 1.12 bits per heavy atom. The summed E-state index contributed by atoms with van der Waals surface area (Å²) in [7, 11) is 1.62. The molecule has 0 atom stereocenters. The lowest BCUT2D eigenvalue weighted by Crippen LogP contribution is -1.99. The molecular formula is C17H15N5O3S. The highest BCUT2D eigenvalue weighted by Crippen LogP contribution is 2.28. The van der Waals surface area contributed by atoms with Gasteiger partial charge in [-0.2, -0.15) is 4.52 Å². The molecular weight excluding hydrogens is 354 g/mol. The van der Waals surface area contributed by atoms with Gasteiger partial charge < -0.3 is 20.3 Å². The molecule has 0 aliphatic rings. The van der Waals surface area contributed by atoms with Crippen molar-refractivity contribution in [1.82, 2.24) is 19.8 Å². The monoisotopic (exact) mass is 369 g/mol. The maximum atomic E-state index is 9.63. The molecule has 0 fully saturated rings. The number of rotatable bonds is 5. The van der Waals surface area contributed by atoms with Crippen LogP contribution in [0.1, 0.15) is 11.4 Å². The van der Waals surface area contributed by atoms with E-state index in [1.54, 1.807) is 17.7 Å². The summed E-state index contributed by atoms with van der Waals surface area (Å²) in [6, 6.07) is 12.2. The molecule has 132 valence electrons. The van der Waals surface area contributed by atoms with Crippen LogP contribution in [-0.4, -0.2) is 37.1 Å². The maximum Gasteiger partial charge on any atom is 0.236 e. The zero-order valence-electron chi connectivity index (χ0n) is 13.7. The molecule has 0 spiro atoms. The fourth-order valence-corrected chi connectivity index (χ4v) is 3.28. The van der Waals surface area contributed by atoms with Crippen LogP contribution >= 0.6 is 11.3 Å². The second-order valence-electron chi connectivity index (χ2n) is 5.57. The van der Waals surface area contributed by atoms with Gasteiger partial charge in [0.2, 0.25) is 10.1 Å². The summed E-state index contributed by atoms with van der Waals surface area (Å²) in [6.45, 7) is 0. The van der Waals surface area contributed by atoms with Crippen molar-refractivity contribution in [3.63, 3.8) is 0 Å². The molecule has 2 heterocycles. The van der Waals surface area contributed by atoms with Gasteiger partial charge in [0.15, 0.2) is 17.3 Å². The number of phenols is 2. The molecule has 0 bridgehead atoms. The first-order chi connectivity index (χ1) is 12.6. The summed E-state index contributed by atoms with van der Waals surface area (Å²) < 4.78 is 6.88. The third-order valence-electron chi connectivity index (χ3n) is 3.78. The number of nitrogens with one attached hydrogen (secondary N) is 1. The number of phenolic OH excluding ortho intramolecular Hbond substituents is 2. The molecule has 4 aromatic rings. The van der Waals surface area contributed by atoms with Crippen molar-refractivity contribution in [2.75, 3.05) is 12.4 Å². The highest BCUT2D eigenvalue weighted by Gasteiger charge is 2.13. The highest BCUT2D eigenvalue weighted by atomic mass is 32.1. The van der Waals surface area contributed by atoms with Crippen molar-refractivity contribution in [2.24, 2.45) is 0 Å². The molecule has 26 heavy (non-hydrogen) atoms. The average molecular weight is 369 g/mol. The van der Waals surface area contributed by atoms with E-state index >= 15 is 0 Å². The minimum atomic E-state index is -0.165. The first kappa shape index (κ1) is 16.2. The van der Waals surface area contributed by atoms with Crippen LogP contribution in [0.2, 0.25) is 0 Å². The quantitative estimate of drug-likeness (QED) is 0.465. The van der Waals surface area contributed by atoms with Gasteiger partial charge in [-0.15, -0.1) is 15.3 Å². The Labute approximate surface area is 152 Å². The van der Waals surface area contributed by atoms with Gasteiger partial charge >= 0.3 is 0 Å². The van der Waals surface area contributed by atoms with Crippen LogP contribution in [0.3, 0.4) is 0 Å². The predicted molar refractivity (Wildman–Crippen MR) is 97.5 cm³/mol. The van der Waals surface area contributed by atoms with Gasteiger partial charge in [-0.1, -0.05) is 23.5 Å². The van der Waals surface area contributed by atoms with E-state index in [9.17, 15) is 10.2 Å². The minimum Gasteiger partial charge on any atom is -0.504 e. The summed E-state index contributed by atoms with van der Waals surface area (Å²) in [5.41, 5.74) is 1.66. The van der Waals surface area contributed by atoms with E-state index < -0.39 is 0 Å². The molecule has 4 rings (SSSR count). The lowest BCUT2D eigenvalue weighted by Gasteiger charge is -2.04. The van der Waals surface area contributed by atoms with Crippen LogP contribution in [0.15, 0.2) is 42.5 Å². The first-order valence-corrected chi connectivity index (χ1v) is 8.57. The number of anilines is 2. The molecule has 0 amide bonds. The third-order valence-corrected chi connectivity index (χ3v) is 4.59. The summed E-state index contributed by atoms with van der Waals surface area (Å²) in [4.78, 5) is 0.661. The number of methoxy groups -OCH3 is 1. The van der Waals surface area contributed by atoms with Crippen molar-refractivity contribution >= 4 is 27.1 Å². The molecule has 0 saturated carbocycles. The Morgan fingerprint density at radius 3 is 2.81 bits per heavy atom. The number of aromatic nitrogens is 4. The van der Waals surface area contributed by atoms with E-state index in [-0.39, 0.29) is 11.5 Å². The van der Waals surface area contributed by atoms with Gasteiger partial charge in [0.25, 0.3) is 0 Å². The van der Waals surface area contributed by atoms with Crippen molar-refractivity contribution in [3.8, 4) is 17.2 Å². The van der Waals surface area contributed by atoms with Crippen LogP contribution in [-0.2, 0) is 6.42 Å². The molecule has 8 nitrogen and oxygen atoms in total. The fraction of sp³-hybridized carbons (Fsp3) is 0.118. The van der Waals surface area contributed by atoms with E-state index in [2.05, 4.69) is 20.6 Å². The third kappa shape index (κ3) is 3.11. The van der Waals surface area contributed by atoms with Crippen molar-refractivity contribution in [3.05, 3.63) is 53.9 Å². The van der Waals surface area contributed by atoms with Crippen molar-refractivity contribution < 1.29 is 14.9 Å². The van der Waals surface area contributed by atoms with Crippen molar-refractivity contribution in [1.29, 1.82) is 0 Å². The van der Waals surface area contributed by atoms with E-state index in [0.717, 1.165) is 17.0 Å². The maximum absolute atomic E-state index is 9.63. The van der Waals surface area contributed by atoms with Gasteiger partial charge in [-0.25, -0.2) is 0 Å². The Morgan fingerprint density at radius 2 is 2.00 bits per heavy atom. The zero-order chi connectivity index (χ0) is 18.1. The first-order valence-electron chi connectivity index (χ1n) is 7.75. The van der Waals surface area contributed by atoms with Crippen LogP contribution in [0, 0.1) is 0 Å².